The molecule has 3 nitrogen and oxygen atoms in total. The molecule has 3 heterocycles. The van der Waals surface area contributed by atoms with Gasteiger partial charge in [0.2, 0.25) is 0 Å². The summed E-state index contributed by atoms with van der Waals surface area (Å²) >= 11 is 1.86. The summed E-state index contributed by atoms with van der Waals surface area (Å²) in [6.07, 6.45) is 11.8. The zero-order chi connectivity index (χ0) is 38.8. The Kier molecular flexibility index (Phi) is 7.91. The predicted molar refractivity (Wildman–Crippen MR) is 244 cm³/mol. The molecule has 0 saturated heterocycles. The molecule has 3 aliphatic heterocycles. The molecule has 6 aromatic carbocycles. The standard InChI is InChI=1S/C53H51BN2OS/c1-4-52(5-2,6-3)37-20-22-41-45(27-37)55(39-14-8-7-9-15-39)46-29-40(56-43-16-10-12-18-49(43)58-50-19-13-11-17-44(50)56)30-48-51(46)54(41)42-23-21-38(28-47(42)57-48)53-31-34-24-35(32-53)26-36(25-34)33-53/h7-23,27-30,34-36H,4-6,24-26,31-33H2,1-3H3. The third kappa shape index (κ3) is 5.08. The van der Waals surface area contributed by atoms with E-state index in [1.807, 2.05) is 11.8 Å². The Morgan fingerprint density at radius 1 is 0.586 bits per heavy atom. The van der Waals surface area contributed by atoms with Crippen LogP contribution in [0.2, 0.25) is 0 Å². The highest BCUT2D eigenvalue weighted by atomic mass is 32.2. The number of para-hydroxylation sites is 3. The van der Waals surface area contributed by atoms with E-state index >= 15 is 0 Å². The van der Waals surface area contributed by atoms with Gasteiger partial charge in [-0.25, -0.2) is 0 Å². The van der Waals surface area contributed by atoms with Crippen molar-refractivity contribution in [2.24, 2.45) is 17.8 Å². The number of benzene rings is 6. The van der Waals surface area contributed by atoms with Crippen molar-refractivity contribution in [3.63, 3.8) is 0 Å². The number of hydrogen-bond donors (Lipinski definition) is 0. The van der Waals surface area contributed by atoms with Crippen LogP contribution in [0.25, 0.3) is 0 Å². The fourth-order valence-corrected chi connectivity index (χ4v) is 14.2. The van der Waals surface area contributed by atoms with Gasteiger partial charge in [-0.1, -0.05) is 99.3 Å². The highest BCUT2D eigenvalue weighted by molar-refractivity contribution is 7.99. The van der Waals surface area contributed by atoms with Gasteiger partial charge in [0.25, 0.3) is 6.71 Å². The molecule has 13 rings (SSSR count). The van der Waals surface area contributed by atoms with Crippen LogP contribution >= 0.6 is 11.8 Å². The van der Waals surface area contributed by atoms with Gasteiger partial charge in [-0.05, 0) is 168 Å². The largest absolute Gasteiger partial charge is 0.458 e. The van der Waals surface area contributed by atoms with Crippen LogP contribution in [-0.4, -0.2) is 6.71 Å². The van der Waals surface area contributed by atoms with Crippen molar-refractivity contribution in [2.45, 2.75) is 99.2 Å². The Morgan fingerprint density at radius 2 is 1.19 bits per heavy atom. The average Bonchev–Trinajstić information content (AvgIpc) is 3.25. The molecule has 0 N–H and O–H groups in total. The zero-order valence-corrected chi connectivity index (χ0v) is 34.8. The number of rotatable bonds is 7. The molecule has 4 fully saturated rings. The van der Waals surface area contributed by atoms with Gasteiger partial charge in [0.15, 0.2) is 0 Å². The van der Waals surface area contributed by atoms with E-state index in [0.29, 0.717) is 5.41 Å². The fraction of sp³-hybridized carbons (Fsp3) is 0.321. The summed E-state index contributed by atoms with van der Waals surface area (Å²) < 4.78 is 7.41. The molecule has 4 bridgehead atoms. The Labute approximate surface area is 348 Å². The summed E-state index contributed by atoms with van der Waals surface area (Å²) in [6, 6.07) is 48.6. The first-order valence-electron chi connectivity index (χ1n) is 22.1. The van der Waals surface area contributed by atoms with E-state index in [1.165, 1.54) is 104 Å². The van der Waals surface area contributed by atoms with E-state index in [0.717, 1.165) is 54.2 Å². The van der Waals surface area contributed by atoms with Crippen molar-refractivity contribution in [1.82, 2.24) is 0 Å². The van der Waals surface area contributed by atoms with Crippen molar-refractivity contribution in [3.8, 4) is 11.5 Å². The van der Waals surface area contributed by atoms with Crippen LogP contribution in [0.4, 0.5) is 34.1 Å². The number of hydrogen-bond acceptors (Lipinski definition) is 4. The quantitative estimate of drug-likeness (QED) is 0.150. The van der Waals surface area contributed by atoms with Gasteiger partial charge < -0.3 is 14.5 Å². The van der Waals surface area contributed by atoms with Crippen LogP contribution in [0.5, 0.6) is 11.5 Å². The highest BCUT2D eigenvalue weighted by Crippen LogP contribution is 2.61. The van der Waals surface area contributed by atoms with Gasteiger partial charge in [-0.3, -0.25) is 0 Å². The van der Waals surface area contributed by atoms with Crippen LogP contribution < -0.4 is 30.9 Å². The van der Waals surface area contributed by atoms with Crippen LogP contribution in [-0.2, 0) is 10.8 Å². The van der Waals surface area contributed by atoms with E-state index in [2.05, 4.69) is 158 Å². The molecule has 4 aliphatic carbocycles. The molecule has 4 saturated carbocycles. The second-order valence-electron chi connectivity index (χ2n) is 18.5. The molecule has 6 aromatic rings. The van der Waals surface area contributed by atoms with E-state index in [1.54, 1.807) is 0 Å². The number of fused-ring (bicyclic) bond motifs is 6. The van der Waals surface area contributed by atoms with Gasteiger partial charge in [0.1, 0.15) is 11.5 Å². The molecule has 5 heteroatoms. The second-order valence-corrected chi connectivity index (χ2v) is 19.6. The minimum Gasteiger partial charge on any atom is -0.458 e. The monoisotopic (exact) mass is 774 g/mol. The average molecular weight is 775 g/mol. The second kappa shape index (κ2) is 13.1. The Bertz CT molecular complexity index is 2520. The maximum Gasteiger partial charge on any atom is 0.256 e. The lowest BCUT2D eigenvalue weighted by atomic mass is 9.34. The summed E-state index contributed by atoms with van der Waals surface area (Å²) in [7, 11) is 0. The number of ether oxygens (including phenoxy) is 1. The van der Waals surface area contributed by atoms with E-state index in [9.17, 15) is 0 Å². The minimum absolute atomic E-state index is 0.0630. The van der Waals surface area contributed by atoms with Crippen molar-refractivity contribution >= 4 is 69.0 Å². The maximum atomic E-state index is 7.41. The maximum absolute atomic E-state index is 7.41. The summed E-state index contributed by atoms with van der Waals surface area (Å²) in [5, 5.41) is 0. The minimum atomic E-state index is 0.0630. The highest BCUT2D eigenvalue weighted by Gasteiger charge is 2.52. The summed E-state index contributed by atoms with van der Waals surface area (Å²) in [5.41, 5.74) is 14.5. The predicted octanol–water partition coefficient (Wildman–Crippen LogP) is 13.0. The molecule has 288 valence electrons. The van der Waals surface area contributed by atoms with Gasteiger partial charge >= 0.3 is 0 Å². The van der Waals surface area contributed by atoms with Gasteiger partial charge in [0, 0.05) is 32.9 Å². The summed E-state index contributed by atoms with van der Waals surface area (Å²) in [6.45, 7) is 7.18. The van der Waals surface area contributed by atoms with Crippen molar-refractivity contribution in [1.29, 1.82) is 0 Å². The van der Waals surface area contributed by atoms with E-state index in [4.69, 9.17) is 4.74 Å². The van der Waals surface area contributed by atoms with Crippen LogP contribution in [0.1, 0.15) is 89.7 Å². The lowest BCUT2D eigenvalue weighted by Gasteiger charge is -2.57. The number of anilines is 6. The smallest absolute Gasteiger partial charge is 0.256 e. The SMILES string of the molecule is CCC(CC)(CC)c1ccc2c(c1)N(c1ccccc1)c1cc(N3c4ccccc4Sc4ccccc43)cc3c1B2c1ccc(C24CC5CC(CC(C5)C2)C4)cc1O3. The van der Waals surface area contributed by atoms with Crippen LogP contribution in [0.3, 0.4) is 0 Å². The molecule has 0 unspecified atom stereocenters. The lowest BCUT2D eigenvalue weighted by Crippen LogP contribution is -2.59. The summed E-state index contributed by atoms with van der Waals surface area (Å²) in [5.74, 6) is 4.71. The molecule has 0 amide bonds. The molecule has 0 radical (unpaired) electrons. The third-order valence-corrected chi connectivity index (χ3v) is 16.9. The Hall–Kier alpha value is -4.87. The molecule has 58 heavy (non-hydrogen) atoms. The third-order valence-electron chi connectivity index (χ3n) is 15.8. The topological polar surface area (TPSA) is 15.7 Å². The zero-order valence-electron chi connectivity index (χ0n) is 34.0. The Morgan fingerprint density at radius 3 is 1.84 bits per heavy atom. The van der Waals surface area contributed by atoms with Crippen LogP contribution in [0.15, 0.2) is 137 Å². The van der Waals surface area contributed by atoms with Gasteiger partial charge in [-0.2, -0.15) is 0 Å². The van der Waals surface area contributed by atoms with Gasteiger partial charge in [-0.15, -0.1) is 0 Å². The molecule has 0 spiro atoms. The van der Waals surface area contributed by atoms with Crippen LogP contribution in [0, 0.1) is 17.8 Å². The van der Waals surface area contributed by atoms with Crippen molar-refractivity contribution < 1.29 is 4.74 Å². The first kappa shape index (κ1) is 35.1. The molecular formula is C53H51BN2OS. The summed E-state index contributed by atoms with van der Waals surface area (Å²) in [4.78, 5) is 7.56. The molecule has 7 aliphatic rings. The first-order chi connectivity index (χ1) is 28.5. The number of nitrogens with zero attached hydrogens (tertiary/aromatic N) is 2. The normalized spacial score (nSPS) is 23.1. The van der Waals surface area contributed by atoms with Gasteiger partial charge in [0.05, 0.1) is 17.1 Å². The fourth-order valence-electron chi connectivity index (χ4n) is 13.2. The Balaban J connectivity index is 1.11. The molecular weight excluding hydrogens is 723 g/mol. The van der Waals surface area contributed by atoms with E-state index < -0.39 is 0 Å². The molecule has 0 atom stereocenters. The lowest BCUT2D eigenvalue weighted by molar-refractivity contribution is -0.00524. The first-order valence-corrected chi connectivity index (χ1v) is 23.0. The van der Waals surface area contributed by atoms with E-state index in [-0.39, 0.29) is 12.1 Å². The molecule has 0 aromatic heterocycles. The van der Waals surface area contributed by atoms with Crippen molar-refractivity contribution in [3.05, 3.63) is 139 Å². The van der Waals surface area contributed by atoms with Crippen molar-refractivity contribution in [2.75, 3.05) is 9.80 Å².